The number of anilines is 1. The van der Waals surface area contributed by atoms with E-state index in [0.29, 0.717) is 18.0 Å². The maximum Gasteiger partial charge on any atom is 0.273 e. The Morgan fingerprint density at radius 3 is 2.65 bits per heavy atom. The predicted octanol–water partition coefficient (Wildman–Crippen LogP) is 3.38. The lowest BCUT2D eigenvalue weighted by Gasteiger charge is -2.36. The van der Waals surface area contributed by atoms with Crippen molar-refractivity contribution in [3.05, 3.63) is 66.1 Å². The van der Waals surface area contributed by atoms with Crippen molar-refractivity contribution in [2.75, 3.05) is 44.2 Å². The van der Waals surface area contributed by atoms with E-state index in [1.807, 2.05) is 12.1 Å². The van der Waals surface area contributed by atoms with Crippen LogP contribution in [0.3, 0.4) is 0 Å². The molecule has 0 atom stereocenters. The van der Waals surface area contributed by atoms with Crippen molar-refractivity contribution in [2.45, 2.75) is 19.8 Å². The standard InChI is InChI=1S/C24H29N5O2/c1-19-5-4-6-21(17-19)29-15-13-28(14-16-29)12-3-2-9-26-24(30)22-18-23(31-27-22)20-7-10-25-11-8-20/h4-8,10-11,17-18H,2-3,9,12-16H2,1H3,(H,26,30). The van der Waals surface area contributed by atoms with E-state index in [9.17, 15) is 4.79 Å². The Bertz CT molecular complexity index is 980. The number of pyridine rings is 1. The van der Waals surface area contributed by atoms with Crippen molar-refractivity contribution in [3.63, 3.8) is 0 Å². The van der Waals surface area contributed by atoms with Gasteiger partial charge in [0.15, 0.2) is 11.5 Å². The van der Waals surface area contributed by atoms with E-state index < -0.39 is 0 Å². The van der Waals surface area contributed by atoms with Gasteiger partial charge in [-0.05, 0) is 56.1 Å². The molecule has 0 saturated carbocycles. The first-order chi connectivity index (χ1) is 15.2. The summed E-state index contributed by atoms with van der Waals surface area (Å²) in [7, 11) is 0. The Hall–Kier alpha value is -3.19. The van der Waals surface area contributed by atoms with Gasteiger partial charge in [-0.3, -0.25) is 14.7 Å². The monoisotopic (exact) mass is 419 g/mol. The molecule has 1 amide bonds. The molecule has 0 aliphatic carbocycles. The number of benzene rings is 1. The number of aryl methyl sites for hydroxylation is 1. The normalized spacial score (nSPS) is 14.5. The molecule has 0 bridgehead atoms. The number of carbonyl (C=O) groups excluding carboxylic acids is 1. The minimum Gasteiger partial charge on any atom is -0.369 e. The van der Waals surface area contributed by atoms with Gasteiger partial charge in [-0.15, -0.1) is 0 Å². The quantitative estimate of drug-likeness (QED) is 0.564. The third-order valence-corrected chi connectivity index (χ3v) is 5.63. The highest BCUT2D eigenvalue weighted by Crippen LogP contribution is 2.19. The summed E-state index contributed by atoms with van der Waals surface area (Å²) in [6, 6.07) is 14.0. The second kappa shape index (κ2) is 10.2. The van der Waals surface area contributed by atoms with Crippen molar-refractivity contribution < 1.29 is 9.32 Å². The van der Waals surface area contributed by atoms with Crippen LogP contribution in [0, 0.1) is 6.92 Å². The first-order valence-electron chi connectivity index (χ1n) is 10.9. The SMILES string of the molecule is Cc1cccc(N2CCN(CCCCNC(=O)c3cc(-c4ccncc4)on3)CC2)c1. The average molecular weight is 420 g/mol. The van der Waals surface area contributed by atoms with E-state index in [2.05, 4.69) is 56.4 Å². The third kappa shape index (κ3) is 5.70. The predicted molar refractivity (Wildman–Crippen MR) is 121 cm³/mol. The maximum atomic E-state index is 12.3. The molecule has 0 radical (unpaired) electrons. The van der Waals surface area contributed by atoms with Crippen molar-refractivity contribution >= 4 is 11.6 Å². The van der Waals surface area contributed by atoms with Gasteiger partial charge in [-0.25, -0.2) is 0 Å². The summed E-state index contributed by atoms with van der Waals surface area (Å²) in [5, 5.41) is 6.82. The number of unbranched alkanes of at least 4 members (excludes halogenated alkanes) is 1. The molecule has 4 rings (SSSR count). The minimum absolute atomic E-state index is 0.198. The summed E-state index contributed by atoms with van der Waals surface area (Å²) in [4.78, 5) is 21.2. The van der Waals surface area contributed by atoms with Crippen molar-refractivity contribution in [1.29, 1.82) is 0 Å². The van der Waals surface area contributed by atoms with Crippen molar-refractivity contribution in [1.82, 2.24) is 20.4 Å². The topological polar surface area (TPSA) is 74.5 Å². The summed E-state index contributed by atoms with van der Waals surface area (Å²) in [5.74, 6) is 0.369. The number of carbonyl (C=O) groups is 1. The minimum atomic E-state index is -0.198. The molecule has 162 valence electrons. The van der Waals surface area contributed by atoms with Gasteiger partial charge in [0.25, 0.3) is 5.91 Å². The average Bonchev–Trinajstić information content (AvgIpc) is 3.30. The molecule has 7 heteroatoms. The van der Waals surface area contributed by atoms with Gasteiger partial charge in [0.2, 0.25) is 0 Å². The highest BCUT2D eigenvalue weighted by molar-refractivity contribution is 5.93. The zero-order valence-electron chi connectivity index (χ0n) is 18.0. The molecule has 0 spiro atoms. The summed E-state index contributed by atoms with van der Waals surface area (Å²) in [5.41, 5.74) is 3.78. The number of rotatable bonds is 8. The molecular weight excluding hydrogens is 390 g/mol. The summed E-state index contributed by atoms with van der Waals surface area (Å²) < 4.78 is 5.28. The molecule has 1 fully saturated rings. The Morgan fingerprint density at radius 1 is 1.06 bits per heavy atom. The van der Waals surface area contributed by atoms with Crippen LogP contribution < -0.4 is 10.2 Å². The summed E-state index contributed by atoms with van der Waals surface area (Å²) in [6.07, 6.45) is 5.37. The second-order valence-electron chi connectivity index (χ2n) is 7.94. The molecular formula is C24H29N5O2. The first-order valence-corrected chi connectivity index (χ1v) is 10.9. The van der Waals surface area contributed by atoms with E-state index in [0.717, 1.165) is 51.1 Å². The van der Waals surface area contributed by atoms with Gasteiger partial charge in [0.1, 0.15) is 0 Å². The van der Waals surface area contributed by atoms with E-state index in [1.54, 1.807) is 18.5 Å². The van der Waals surface area contributed by atoms with Gasteiger partial charge >= 0.3 is 0 Å². The lowest BCUT2D eigenvalue weighted by atomic mass is 10.2. The van der Waals surface area contributed by atoms with Gasteiger partial charge < -0.3 is 14.7 Å². The molecule has 1 N–H and O–H groups in total. The fourth-order valence-electron chi connectivity index (χ4n) is 3.84. The van der Waals surface area contributed by atoms with Gasteiger partial charge in [-0.1, -0.05) is 17.3 Å². The van der Waals surface area contributed by atoms with E-state index in [4.69, 9.17) is 4.52 Å². The number of aromatic nitrogens is 2. The van der Waals surface area contributed by atoms with Crippen LogP contribution in [0.5, 0.6) is 0 Å². The molecule has 1 aliphatic rings. The fourth-order valence-corrected chi connectivity index (χ4v) is 3.84. The highest BCUT2D eigenvalue weighted by Gasteiger charge is 2.17. The number of hydrogen-bond donors (Lipinski definition) is 1. The summed E-state index contributed by atoms with van der Waals surface area (Å²) in [6.45, 7) is 8.13. The fraction of sp³-hybridized carbons (Fsp3) is 0.375. The summed E-state index contributed by atoms with van der Waals surface area (Å²) >= 11 is 0. The Balaban J connectivity index is 1.13. The van der Waals surface area contributed by atoms with Crippen LogP contribution in [0.2, 0.25) is 0 Å². The van der Waals surface area contributed by atoms with Crippen LogP contribution in [0.1, 0.15) is 28.9 Å². The maximum absolute atomic E-state index is 12.3. The van der Waals surface area contributed by atoms with Crippen molar-refractivity contribution in [2.24, 2.45) is 0 Å². The van der Waals surface area contributed by atoms with Crippen LogP contribution in [0.15, 0.2) is 59.4 Å². The largest absolute Gasteiger partial charge is 0.369 e. The van der Waals surface area contributed by atoms with E-state index in [-0.39, 0.29) is 5.91 Å². The molecule has 1 saturated heterocycles. The van der Waals surface area contributed by atoms with Crippen LogP contribution in [0.4, 0.5) is 5.69 Å². The van der Waals surface area contributed by atoms with Gasteiger partial charge in [-0.2, -0.15) is 0 Å². The molecule has 7 nitrogen and oxygen atoms in total. The molecule has 3 heterocycles. The second-order valence-corrected chi connectivity index (χ2v) is 7.94. The number of piperazine rings is 1. The highest BCUT2D eigenvalue weighted by atomic mass is 16.5. The zero-order valence-corrected chi connectivity index (χ0v) is 18.0. The Labute approximate surface area is 183 Å². The molecule has 1 aromatic carbocycles. The smallest absolute Gasteiger partial charge is 0.273 e. The lowest BCUT2D eigenvalue weighted by molar-refractivity contribution is 0.0943. The Morgan fingerprint density at radius 2 is 1.87 bits per heavy atom. The molecule has 1 aliphatic heterocycles. The molecule has 0 unspecified atom stereocenters. The third-order valence-electron chi connectivity index (χ3n) is 5.63. The molecule has 2 aromatic heterocycles. The van der Waals surface area contributed by atoms with Crippen LogP contribution in [-0.4, -0.2) is 60.2 Å². The molecule has 3 aromatic rings. The molecule has 31 heavy (non-hydrogen) atoms. The number of hydrogen-bond acceptors (Lipinski definition) is 6. The van der Waals surface area contributed by atoms with Gasteiger partial charge in [0.05, 0.1) is 0 Å². The zero-order chi connectivity index (χ0) is 21.5. The van der Waals surface area contributed by atoms with Crippen LogP contribution >= 0.6 is 0 Å². The van der Waals surface area contributed by atoms with E-state index >= 15 is 0 Å². The van der Waals surface area contributed by atoms with Crippen molar-refractivity contribution in [3.8, 4) is 11.3 Å². The number of amides is 1. The lowest BCUT2D eigenvalue weighted by Crippen LogP contribution is -2.46. The number of nitrogens with zero attached hydrogens (tertiary/aromatic N) is 4. The van der Waals surface area contributed by atoms with E-state index in [1.165, 1.54) is 11.3 Å². The Kier molecular flexibility index (Phi) is 6.94. The van der Waals surface area contributed by atoms with Crippen LogP contribution in [0.25, 0.3) is 11.3 Å². The number of nitrogens with one attached hydrogen (secondary N) is 1. The van der Waals surface area contributed by atoms with Crippen LogP contribution in [-0.2, 0) is 0 Å². The van der Waals surface area contributed by atoms with Gasteiger partial charge in [0, 0.05) is 62.4 Å². The first kappa shape index (κ1) is 21.1.